The summed E-state index contributed by atoms with van der Waals surface area (Å²) < 4.78 is 0.958. The molecule has 0 spiro atoms. The number of nitrogens with zero attached hydrogens (tertiary/aromatic N) is 3. The molecule has 0 aromatic rings. The van der Waals surface area contributed by atoms with Crippen LogP contribution in [0.4, 0.5) is 0 Å². The Bertz CT molecular complexity index is 366. The fraction of sp³-hybridized carbons (Fsp3) is 0.636. The van der Waals surface area contributed by atoms with E-state index in [0.717, 1.165) is 37.1 Å². The number of carbonyl (C=O) groups excluding carboxylic acids is 1. The monoisotopic (exact) mass is 300 g/mol. The number of amidine groups is 1. The van der Waals surface area contributed by atoms with Gasteiger partial charge in [0.2, 0.25) is 5.91 Å². The first-order valence-electron chi connectivity index (χ1n) is 5.87. The molecule has 2 rings (SSSR count). The molecule has 2 N–H and O–H groups in total. The second kappa shape index (κ2) is 5.53. The van der Waals surface area contributed by atoms with E-state index in [9.17, 15) is 4.79 Å². The topological polar surface area (TPSA) is 61.9 Å². The Hall–Kier alpha value is -1.04. The molecule has 1 saturated heterocycles. The van der Waals surface area contributed by atoms with Crippen LogP contribution >= 0.6 is 15.9 Å². The van der Waals surface area contributed by atoms with Gasteiger partial charge in [-0.05, 0) is 28.8 Å². The lowest BCUT2D eigenvalue weighted by Gasteiger charge is -2.26. The third-order valence-corrected chi connectivity index (χ3v) is 3.73. The van der Waals surface area contributed by atoms with Crippen LogP contribution in [-0.4, -0.2) is 47.7 Å². The van der Waals surface area contributed by atoms with Gasteiger partial charge in [0.25, 0.3) is 0 Å². The van der Waals surface area contributed by atoms with Crippen molar-refractivity contribution in [1.82, 2.24) is 9.80 Å². The summed E-state index contributed by atoms with van der Waals surface area (Å²) in [6.45, 7) is 3.30. The standard InChI is InChI=1S/C11H17BrN4O/c12-9-7-14-10(13)8-16(9)6-2-5-15-4-1-3-11(15)17/h7H,1-6,8H2,(H2,13,14). The van der Waals surface area contributed by atoms with E-state index in [2.05, 4.69) is 25.8 Å². The predicted octanol–water partition coefficient (Wildman–Crippen LogP) is 0.865. The average Bonchev–Trinajstić information content (AvgIpc) is 2.70. The predicted molar refractivity (Wildman–Crippen MR) is 70.6 cm³/mol. The van der Waals surface area contributed by atoms with Gasteiger partial charge in [0, 0.05) is 26.1 Å². The normalized spacial score (nSPS) is 20.6. The van der Waals surface area contributed by atoms with Crippen molar-refractivity contribution in [3.8, 4) is 0 Å². The highest BCUT2D eigenvalue weighted by Gasteiger charge is 2.20. The molecule has 1 amide bonds. The quantitative estimate of drug-likeness (QED) is 0.784. The Morgan fingerprint density at radius 2 is 2.18 bits per heavy atom. The summed E-state index contributed by atoms with van der Waals surface area (Å²) in [5.41, 5.74) is 5.68. The molecule has 0 atom stereocenters. The highest BCUT2D eigenvalue weighted by molar-refractivity contribution is 9.11. The smallest absolute Gasteiger partial charge is 0.222 e. The maximum atomic E-state index is 11.4. The van der Waals surface area contributed by atoms with Gasteiger partial charge in [-0.3, -0.25) is 4.79 Å². The molecular weight excluding hydrogens is 284 g/mol. The number of hydrogen-bond donors (Lipinski definition) is 1. The van der Waals surface area contributed by atoms with Crippen LogP contribution in [0.25, 0.3) is 0 Å². The number of aliphatic imine (C=N–C) groups is 1. The summed E-state index contributed by atoms with van der Waals surface area (Å²) >= 11 is 3.45. The van der Waals surface area contributed by atoms with Gasteiger partial charge in [-0.1, -0.05) is 0 Å². The van der Waals surface area contributed by atoms with E-state index in [1.807, 2.05) is 4.90 Å². The first-order chi connectivity index (χ1) is 8.16. The summed E-state index contributed by atoms with van der Waals surface area (Å²) in [5.74, 6) is 0.921. The second-order valence-electron chi connectivity index (χ2n) is 4.33. The minimum absolute atomic E-state index is 0.291. The zero-order valence-electron chi connectivity index (χ0n) is 9.73. The molecule has 0 saturated carbocycles. The number of carbonyl (C=O) groups is 1. The lowest BCUT2D eigenvalue weighted by molar-refractivity contribution is -0.127. The van der Waals surface area contributed by atoms with E-state index in [4.69, 9.17) is 5.73 Å². The SMILES string of the molecule is NC1=NC=C(Br)N(CCCN2CCCC2=O)C1. The fourth-order valence-electron chi connectivity index (χ4n) is 2.11. The molecular formula is C11H17BrN4O. The minimum Gasteiger partial charge on any atom is -0.386 e. The van der Waals surface area contributed by atoms with Crippen LogP contribution in [0.5, 0.6) is 0 Å². The number of nitrogens with two attached hydrogens (primary N) is 1. The maximum absolute atomic E-state index is 11.4. The number of hydrogen-bond acceptors (Lipinski definition) is 4. The highest BCUT2D eigenvalue weighted by Crippen LogP contribution is 2.16. The van der Waals surface area contributed by atoms with Crippen molar-refractivity contribution in [2.24, 2.45) is 10.7 Å². The Morgan fingerprint density at radius 1 is 1.41 bits per heavy atom. The van der Waals surface area contributed by atoms with Gasteiger partial charge in [0.05, 0.1) is 17.4 Å². The Kier molecular flexibility index (Phi) is 4.04. The van der Waals surface area contributed by atoms with Crippen LogP contribution in [0.1, 0.15) is 19.3 Å². The van der Waals surface area contributed by atoms with Crippen LogP contribution in [0, 0.1) is 0 Å². The van der Waals surface area contributed by atoms with Crippen molar-refractivity contribution in [2.75, 3.05) is 26.2 Å². The Morgan fingerprint density at radius 3 is 2.88 bits per heavy atom. The summed E-state index contributed by atoms with van der Waals surface area (Å²) in [6, 6.07) is 0. The molecule has 94 valence electrons. The van der Waals surface area contributed by atoms with Crippen molar-refractivity contribution >= 4 is 27.7 Å². The first kappa shape index (κ1) is 12.4. The van der Waals surface area contributed by atoms with Gasteiger partial charge in [0.15, 0.2) is 0 Å². The number of halogens is 1. The average molecular weight is 301 g/mol. The first-order valence-corrected chi connectivity index (χ1v) is 6.66. The van der Waals surface area contributed by atoms with Crippen LogP contribution in [0.3, 0.4) is 0 Å². The van der Waals surface area contributed by atoms with Gasteiger partial charge >= 0.3 is 0 Å². The summed E-state index contributed by atoms with van der Waals surface area (Å²) in [4.78, 5) is 19.5. The Labute approximate surface area is 109 Å². The van der Waals surface area contributed by atoms with Gasteiger partial charge < -0.3 is 15.5 Å². The van der Waals surface area contributed by atoms with Gasteiger partial charge in [-0.15, -0.1) is 0 Å². The lowest BCUT2D eigenvalue weighted by atomic mass is 10.3. The van der Waals surface area contributed by atoms with E-state index in [1.54, 1.807) is 6.20 Å². The highest BCUT2D eigenvalue weighted by atomic mass is 79.9. The second-order valence-corrected chi connectivity index (χ2v) is 5.14. The summed E-state index contributed by atoms with van der Waals surface area (Å²) in [5, 5.41) is 0. The van der Waals surface area contributed by atoms with Crippen molar-refractivity contribution in [3.05, 3.63) is 10.8 Å². The molecule has 2 aliphatic heterocycles. The maximum Gasteiger partial charge on any atom is 0.222 e. The van der Waals surface area contributed by atoms with E-state index in [1.165, 1.54) is 0 Å². The molecule has 0 unspecified atom stereocenters. The number of likely N-dealkylation sites (tertiary alicyclic amines) is 1. The minimum atomic E-state index is 0.291. The third-order valence-electron chi connectivity index (χ3n) is 3.02. The van der Waals surface area contributed by atoms with Crippen molar-refractivity contribution in [2.45, 2.75) is 19.3 Å². The van der Waals surface area contributed by atoms with Gasteiger partial charge in [-0.2, -0.15) is 0 Å². The zero-order valence-corrected chi connectivity index (χ0v) is 11.3. The van der Waals surface area contributed by atoms with Crippen LogP contribution in [0.15, 0.2) is 15.8 Å². The van der Waals surface area contributed by atoms with Crippen molar-refractivity contribution < 1.29 is 4.79 Å². The molecule has 0 aliphatic carbocycles. The number of rotatable bonds is 4. The van der Waals surface area contributed by atoms with Gasteiger partial charge in [0.1, 0.15) is 5.84 Å². The number of amides is 1. The molecule has 5 nitrogen and oxygen atoms in total. The molecule has 0 aromatic heterocycles. The Balaban J connectivity index is 1.74. The molecule has 2 aliphatic rings. The largest absolute Gasteiger partial charge is 0.386 e. The molecule has 0 radical (unpaired) electrons. The van der Waals surface area contributed by atoms with E-state index in [0.29, 0.717) is 24.7 Å². The summed E-state index contributed by atoms with van der Waals surface area (Å²) in [7, 11) is 0. The zero-order chi connectivity index (χ0) is 12.3. The van der Waals surface area contributed by atoms with Crippen LogP contribution < -0.4 is 5.73 Å². The molecule has 17 heavy (non-hydrogen) atoms. The van der Waals surface area contributed by atoms with Crippen molar-refractivity contribution in [3.63, 3.8) is 0 Å². The third kappa shape index (κ3) is 3.21. The van der Waals surface area contributed by atoms with E-state index >= 15 is 0 Å². The van der Waals surface area contributed by atoms with Crippen LogP contribution in [0.2, 0.25) is 0 Å². The molecule has 0 aromatic carbocycles. The van der Waals surface area contributed by atoms with Gasteiger partial charge in [-0.25, -0.2) is 4.99 Å². The summed E-state index contributed by atoms with van der Waals surface area (Å²) in [6.07, 6.45) is 4.40. The molecule has 6 heteroatoms. The van der Waals surface area contributed by atoms with Crippen molar-refractivity contribution in [1.29, 1.82) is 0 Å². The molecule has 0 bridgehead atoms. The van der Waals surface area contributed by atoms with E-state index in [-0.39, 0.29) is 0 Å². The van der Waals surface area contributed by atoms with E-state index < -0.39 is 0 Å². The molecule has 1 fully saturated rings. The van der Waals surface area contributed by atoms with Crippen LogP contribution in [-0.2, 0) is 4.79 Å². The fourth-order valence-corrected chi connectivity index (χ4v) is 2.51. The lowest BCUT2D eigenvalue weighted by Crippen LogP contribution is -2.36. The molecule has 2 heterocycles.